The maximum atomic E-state index is 11.7. The minimum Gasteiger partial charge on any atom is -0.353 e. The Morgan fingerprint density at radius 3 is 2.83 bits per heavy atom. The van der Waals surface area contributed by atoms with Crippen LogP contribution in [0, 0.1) is 0 Å². The van der Waals surface area contributed by atoms with Crippen LogP contribution in [0.3, 0.4) is 0 Å². The van der Waals surface area contributed by atoms with Crippen LogP contribution < -0.4 is 10.6 Å². The Morgan fingerprint density at radius 1 is 1.29 bits per heavy atom. The normalized spacial score (nSPS) is 26.9. The highest BCUT2D eigenvalue weighted by Gasteiger charge is 2.37. The van der Waals surface area contributed by atoms with E-state index in [4.69, 9.17) is 32.7 Å². The molecule has 2 atom stereocenters. The highest BCUT2D eigenvalue weighted by molar-refractivity contribution is 6.42. The maximum absolute atomic E-state index is 11.7. The predicted octanol–water partition coefficient (Wildman–Crippen LogP) is 3.52. The summed E-state index contributed by atoms with van der Waals surface area (Å²) in [6.07, 6.45) is 4.41. The van der Waals surface area contributed by atoms with Gasteiger partial charge in [-0.3, -0.25) is 0 Å². The molecule has 0 aromatic heterocycles. The van der Waals surface area contributed by atoms with Gasteiger partial charge in [0.25, 0.3) is 0 Å². The number of hydrogen-bond donors (Lipinski definition) is 2. The Kier molecular flexibility index (Phi) is 5.87. The lowest BCUT2D eigenvalue weighted by molar-refractivity contribution is -0.164. The van der Waals surface area contributed by atoms with Crippen molar-refractivity contribution in [3.05, 3.63) is 33.8 Å². The SMILES string of the molecule is O=C1NCC(CCOC2CCCCO2)(Cc2ccc(Cl)c(Cl)c2)N1. The summed E-state index contributed by atoms with van der Waals surface area (Å²) in [4.78, 5) is 11.7. The van der Waals surface area contributed by atoms with E-state index in [1.807, 2.05) is 12.1 Å². The van der Waals surface area contributed by atoms with Crippen molar-refractivity contribution in [3.63, 3.8) is 0 Å². The van der Waals surface area contributed by atoms with Gasteiger partial charge < -0.3 is 20.1 Å². The first-order chi connectivity index (χ1) is 11.6. The molecule has 2 saturated heterocycles. The molecule has 2 heterocycles. The molecule has 0 saturated carbocycles. The zero-order valence-electron chi connectivity index (χ0n) is 13.4. The fourth-order valence-electron chi connectivity index (χ4n) is 3.19. The van der Waals surface area contributed by atoms with Crippen LogP contribution in [0.4, 0.5) is 4.79 Å². The molecule has 2 aliphatic rings. The summed E-state index contributed by atoms with van der Waals surface area (Å²) in [6, 6.07) is 5.42. The summed E-state index contributed by atoms with van der Waals surface area (Å²) >= 11 is 12.1. The standard InChI is InChI=1S/C17H22Cl2N2O3/c18-13-5-4-12(9-14(13)19)10-17(11-20-16(22)21-17)6-8-24-15-3-1-2-7-23-15/h4-5,9,15H,1-3,6-8,10-11H2,(H2,20,21,22). The minimum atomic E-state index is -0.386. The molecule has 0 radical (unpaired) electrons. The lowest BCUT2D eigenvalue weighted by Crippen LogP contribution is -2.46. The van der Waals surface area contributed by atoms with Gasteiger partial charge in [0, 0.05) is 13.2 Å². The number of halogens is 2. The molecule has 5 nitrogen and oxygen atoms in total. The molecule has 7 heteroatoms. The van der Waals surface area contributed by atoms with Crippen LogP contribution in [0.1, 0.15) is 31.2 Å². The van der Waals surface area contributed by atoms with E-state index in [2.05, 4.69) is 10.6 Å². The fourth-order valence-corrected chi connectivity index (χ4v) is 3.51. The number of carbonyl (C=O) groups is 1. The van der Waals surface area contributed by atoms with Crippen LogP contribution in [-0.4, -0.2) is 37.6 Å². The van der Waals surface area contributed by atoms with Crippen molar-refractivity contribution >= 4 is 29.2 Å². The molecular formula is C17H22Cl2N2O3. The third-order valence-corrected chi connectivity index (χ3v) is 5.25. The Morgan fingerprint density at radius 2 is 2.17 bits per heavy atom. The van der Waals surface area contributed by atoms with Gasteiger partial charge in [0.2, 0.25) is 0 Å². The van der Waals surface area contributed by atoms with Crippen molar-refractivity contribution in [1.29, 1.82) is 0 Å². The third-order valence-electron chi connectivity index (χ3n) is 4.51. The van der Waals surface area contributed by atoms with Crippen molar-refractivity contribution in [2.75, 3.05) is 19.8 Å². The zero-order valence-corrected chi connectivity index (χ0v) is 15.0. The van der Waals surface area contributed by atoms with Gasteiger partial charge >= 0.3 is 6.03 Å². The van der Waals surface area contributed by atoms with E-state index >= 15 is 0 Å². The summed E-state index contributed by atoms with van der Waals surface area (Å²) < 4.78 is 11.4. The van der Waals surface area contributed by atoms with Crippen LogP contribution in [-0.2, 0) is 15.9 Å². The number of rotatable bonds is 6. The van der Waals surface area contributed by atoms with E-state index in [9.17, 15) is 4.79 Å². The van der Waals surface area contributed by atoms with Crippen LogP contribution >= 0.6 is 23.2 Å². The Labute approximate surface area is 152 Å². The van der Waals surface area contributed by atoms with Crippen molar-refractivity contribution in [1.82, 2.24) is 10.6 Å². The van der Waals surface area contributed by atoms with E-state index in [0.29, 0.717) is 36.0 Å². The van der Waals surface area contributed by atoms with E-state index in [1.165, 1.54) is 0 Å². The molecule has 0 bridgehead atoms. The molecule has 3 rings (SSSR count). The number of nitrogens with one attached hydrogen (secondary N) is 2. The molecule has 132 valence electrons. The topological polar surface area (TPSA) is 59.6 Å². The summed E-state index contributed by atoms with van der Waals surface area (Å²) in [5, 5.41) is 6.94. The van der Waals surface area contributed by atoms with E-state index < -0.39 is 0 Å². The van der Waals surface area contributed by atoms with Crippen LogP contribution in [0.5, 0.6) is 0 Å². The molecule has 1 aromatic carbocycles. The van der Waals surface area contributed by atoms with Crippen molar-refractivity contribution < 1.29 is 14.3 Å². The molecule has 2 unspecified atom stereocenters. The van der Waals surface area contributed by atoms with E-state index in [1.54, 1.807) is 6.07 Å². The predicted molar refractivity (Wildman–Crippen MR) is 93.6 cm³/mol. The second-order valence-electron chi connectivity index (χ2n) is 6.43. The number of hydrogen-bond acceptors (Lipinski definition) is 3. The molecule has 0 aliphatic carbocycles. The number of carbonyl (C=O) groups excluding carboxylic acids is 1. The third kappa shape index (κ3) is 4.54. The largest absolute Gasteiger partial charge is 0.353 e. The quantitative estimate of drug-likeness (QED) is 0.802. The molecule has 2 amide bonds. The Bertz CT molecular complexity index is 593. The highest BCUT2D eigenvalue weighted by atomic mass is 35.5. The van der Waals surface area contributed by atoms with Gasteiger partial charge in [0.15, 0.2) is 6.29 Å². The van der Waals surface area contributed by atoms with Gasteiger partial charge in [-0.25, -0.2) is 4.79 Å². The van der Waals surface area contributed by atoms with Gasteiger partial charge in [-0.2, -0.15) is 0 Å². The minimum absolute atomic E-state index is 0.120. The number of urea groups is 1. The van der Waals surface area contributed by atoms with E-state index in [-0.39, 0.29) is 17.9 Å². The Hall–Kier alpha value is -1.01. The summed E-state index contributed by atoms with van der Waals surface area (Å²) in [7, 11) is 0. The average molecular weight is 373 g/mol. The van der Waals surface area contributed by atoms with Crippen molar-refractivity contribution in [3.8, 4) is 0 Å². The van der Waals surface area contributed by atoms with Crippen molar-refractivity contribution in [2.45, 2.75) is 43.9 Å². The first-order valence-corrected chi connectivity index (χ1v) is 9.05. The number of benzene rings is 1. The van der Waals surface area contributed by atoms with Gasteiger partial charge in [0.1, 0.15) is 0 Å². The monoisotopic (exact) mass is 372 g/mol. The van der Waals surface area contributed by atoms with Crippen molar-refractivity contribution in [2.24, 2.45) is 0 Å². The van der Waals surface area contributed by atoms with Crippen LogP contribution in [0.15, 0.2) is 18.2 Å². The summed E-state index contributed by atoms with van der Waals surface area (Å²) in [5.41, 5.74) is 0.644. The van der Waals surface area contributed by atoms with Gasteiger partial charge in [0.05, 0.1) is 22.2 Å². The summed E-state index contributed by atoms with van der Waals surface area (Å²) in [6.45, 7) is 1.85. The molecule has 1 aromatic rings. The number of amides is 2. The fraction of sp³-hybridized carbons (Fsp3) is 0.588. The zero-order chi connectivity index (χ0) is 17.0. The van der Waals surface area contributed by atoms with Gasteiger partial charge in [-0.05, 0) is 49.8 Å². The van der Waals surface area contributed by atoms with Gasteiger partial charge in [-0.1, -0.05) is 29.3 Å². The summed E-state index contributed by atoms with van der Waals surface area (Å²) in [5.74, 6) is 0. The number of ether oxygens (including phenoxy) is 2. The maximum Gasteiger partial charge on any atom is 0.315 e. The average Bonchev–Trinajstić information content (AvgIpc) is 2.93. The molecule has 0 spiro atoms. The first-order valence-electron chi connectivity index (χ1n) is 8.29. The second-order valence-corrected chi connectivity index (χ2v) is 7.24. The Balaban J connectivity index is 1.61. The highest BCUT2D eigenvalue weighted by Crippen LogP contribution is 2.27. The van der Waals surface area contributed by atoms with Crippen LogP contribution in [0.2, 0.25) is 10.0 Å². The first kappa shape index (κ1) is 17.8. The van der Waals surface area contributed by atoms with E-state index in [0.717, 1.165) is 31.4 Å². The lowest BCUT2D eigenvalue weighted by atomic mass is 9.88. The molecule has 24 heavy (non-hydrogen) atoms. The second kappa shape index (κ2) is 7.91. The van der Waals surface area contributed by atoms with Crippen LogP contribution in [0.25, 0.3) is 0 Å². The lowest BCUT2D eigenvalue weighted by Gasteiger charge is -2.30. The molecular weight excluding hydrogens is 351 g/mol. The molecule has 2 N–H and O–H groups in total. The van der Waals surface area contributed by atoms with Gasteiger partial charge in [-0.15, -0.1) is 0 Å². The molecule has 2 aliphatic heterocycles. The molecule has 2 fully saturated rings. The smallest absolute Gasteiger partial charge is 0.315 e.